The van der Waals surface area contributed by atoms with Crippen LogP contribution in [0.1, 0.15) is 18.7 Å². The van der Waals surface area contributed by atoms with Crippen LogP contribution in [0.5, 0.6) is 0 Å². The minimum Gasteiger partial charge on any atom is -0.300 e. The fourth-order valence-electron chi connectivity index (χ4n) is 2.36. The lowest BCUT2D eigenvalue weighted by atomic mass is 10.2. The molecule has 4 nitrogen and oxygen atoms in total. The summed E-state index contributed by atoms with van der Waals surface area (Å²) >= 11 is 7.01. The maximum Gasteiger partial charge on any atom is 0.252 e. The number of rotatable bonds is 5. The monoisotopic (exact) mass is 336 g/mol. The second kappa shape index (κ2) is 6.75. The van der Waals surface area contributed by atoms with E-state index in [9.17, 15) is 8.42 Å². The summed E-state index contributed by atoms with van der Waals surface area (Å²) in [6.07, 6.45) is 0. The summed E-state index contributed by atoms with van der Waals surface area (Å²) in [7, 11) is -3.34. The van der Waals surface area contributed by atoms with Crippen LogP contribution in [-0.4, -0.2) is 50.3 Å². The molecule has 0 unspecified atom stereocenters. The Kier molecular flexibility index (Phi) is 5.48. The Bertz CT molecular complexity index is 534. The average molecular weight is 337 g/mol. The summed E-state index contributed by atoms with van der Waals surface area (Å²) in [5.41, 5.74) is 0. The van der Waals surface area contributed by atoms with Gasteiger partial charge in [0.15, 0.2) is 0 Å². The van der Waals surface area contributed by atoms with Crippen molar-refractivity contribution in [3.8, 4) is 0 Å². The van der Waals surface area contributed by atoms with E-state index in [2.05, 4.69) is 18.7 Å². The van der Waals surface area contributed by atoms with E-state index in [-0.39, 0.29) is 0 Å². The normalized spacial score (nSPS) is 18.8. The Morgan fingerprint density at radius 3 is 2.40 bits per heavy atom. The van der Waals surface area contributed by atoms with E-state index in [1.54, 1.807) is 16.4 Å². The molecule has 0 N–H and O–H groups in total. The summed E-state index contributed by atoms with van der Waals surface area (Å²) in [6, 6.07) is 3.46. The second-order valence-corrected chi connectivity index (χ2v) is 9.05. The van der Waals surface area contributed by atoms with Crippen molar-refractivity contribution in [1.82, 2.24) is 9.21 Å². The first-order chi connectivity index (χ1) is 9.43. The molecular weight excluding hydrogens is 316 g/mol. The van der Waals surface area contributed by atoms with Crippen LogP contribution >= 0.6 is 22.9 Å². The van der Waals surface area contributed by atoms with Crippen LogP contribution in [0.25, 0.3) is 0 Å². The highest BCUT2D eigenvalue weighted by molar-refractivity contribution is 7.91. The fraction of sp³-hybridized carbons (Fsp3) is 0.692. The number of thiophene rings is 1. The Morgan fingerprint density at radius 1 is 1.25 bits per heavy atom. The number of nitrogens with zero attached hydrogens (tertiary/aromatic N) is 2. The van der Waals surface area contributed by atoms with Crippen molar-refractivity contribution in [3.05, 3.63) is 17.0 Å². The van der Waals surface area contributed by atoms with Crippen LogP contribution < -0.4 is 0 Å². The highest BCUT2D eigenvalue weighted by atomic mass is 35.5. The minimum atomic E-state index is -3.34. The topological polar surface area (TPSA) is 40.6 Å². The molecule has 1 saturated heterocycles. The molecule has 1 fully saturated rings. The van der Waals surface area contributed by atoms with E-state index < -0.39 is 10.0 Å². The fourth-order valence-corrected chi connectivity index (χ4v) is 5.40. The molecule has 0 bridgehead atoms. The van der Waals surface area contributed by atoms with Gasteiger partial charge in [-0.05, 0) is 18.1 Å². The van der Waals surface area contributed by atoms with Gasteiger partial charge in [0.1, 0.15) is 4.21 Å². The molecule has 1 aromatic heterocycles. The highest BCUT2D eigenvalue weighted by Crippen LogP contribution is 2.26. The first kappa shape index (κ1) is 16.2. The maximum absolute atomic E-state index is 12.5. The molecule has 1 aromatic rings. The molecule has 0 aliphatic carbocycles. The molecule has 114 valence electrons. The molecule has 2 heterocycles. The minimum absolute atomic E-state index is 0.363. The number of sulfonamides is 1. The maximum atomic E-state index is 12.5. The summed E-state index contributed by atoms with van der Waals surface area (Å²) in [5.74, 6) is 0.976. The zero-order valence-corrected chi connectivity index (χ0v) is 14.3. The van der Waals surface area contributed by atoms with Crippen LogP contribution in [0.2, 0.25) is 0 Å². The third kappa shape index (κ3) is 3.74. The van der Waals surface area contributed by atoms with Crippen LogP contribution in [0, 0.1) is 5.92 Å². The van der Waals surface area contributed by atoms with Crippen molar-refractivity contribution in [2.24, 2.45) is 5.92 Å². The Labute approximate surface area is 130 Å². The van der Waals surface area contributed by atoms with Gasteiger partial charge in [-0.2, -0.15) is 4.31 Å². The lowest BCUT2D eigenvalue weighted by molar-refractivity contribution is 0.172. The van der Waals surface area contributed by atoms with E-state index in [1.807, 2.05) is 0 Å². The SMILES string of the molecule is CC(C)CN1CCN(S(=O)(=O)c2ccc(CCl)s2)CC1. The van der Waals surface area contributed by atoms with Gasteiger partial charge in [0.25, 0.3) is 10.0 Å². The highest BCUT2D eigenvalue weighted by Gasteiger charge is 2.29. The van der Waals surface area contributed by atoms with Gasteiger partial charge in [-0.3, -0.25) is 0 Å². The number of halogens is 1. The molecule has 20 heavy (non-hydrogen) atoms. The predicted molar refractivity (Wildman–Crippen MR) is 83.9 cm³/mol. The van der Waals surface area contributed by atoms with Crippen LogP contribution in [0.3, 0.4) is 0 Å². The van der Waals surface area contributed by atoms with Gasteiger partial charge in [-0.1, -0.05) is 13.8 Å². The van der Waals surface area contributed by atoms with Crippen LogP contribution in [0.15, 0.2) is 16.3 Å². The molecule has 1 aliphatic rings. The zero-order valence-electron chi connectivity index (χ0n) is 11.9. The number of alkyl halides is 1. The van der Waals surface area contributed by atoms with Crippen LogP contribution in [-0.2, 0) is 15.9 Å². The molecule has 0 saturated carbocycles. The molecule has 7 heteroatoms. The van der Waals surface area contributed by atoms with E-state index in [4.69, 9.17) is 11.6 Å². The van der Waals surface area contributed by atoms with Crippen molar-refractivity contribution in [1.29, 1.82) is 0 Å². The molecule has 0 radical (unpaired) electrons. The molecule has 0 spiro atoms. The van der Waals surface area contributed by atoms with E-state index in [0.717, 1.165) is 24.5 Å². The van der Waals surface area contributed by atoms with Crippen molar-refractivity contribution in [2.75, 3.05) is 32.7 Å². The largest absolute Gasteiger partial charge is 0.300 e. The van der Waals surface area contributed by atoms with Gasteiger partial charge in [-0.15, -0.1) is 22.9 Å². The molecular formula is C13H21ClN2O2S2. The van der Waals surface area contributed by atoms with Crippen molar-refractivity contribution in [3.63, 3.8) is 0 Å². The summed E-state index contributed by atoms with van der Waals surface area (Å²) in [5, 5.41) is 0. The summed E-state index contributed by atoms with van der Waals surface area (Å²) in [6.45, 7) is 8.16. The van der Waals surface area contributed by atoms with E-state index in [1.165, 1.54) is 11.3 Å². The third-order valence-corrected chi connectivity index (χ3v) is 7.22. The molecule has 0 aromatic carbocycles. The van der Waals surface area contributed by atoms with Gasteiger partial charge >= 0.3 is 0 Å². The van der Waals surface area contributed by atoms with E-state index >= 15 is 0 Å². The Hall–Kier alpha value is -0.140. The molecule has 1 aliphatic heterocycles. The quantitative estimate of drug-likeness (QED) is 0.775. The first-order valence-corrected chi connectivity index (χ1v) is 9.59. The van der Waals surface area contributed by atoms with Crippen molar-refractivity contribution < 1.29 is 8.42 Å². The third-order valence-electron chi connectivity index (χ3n) is 3.32. The zero-order chi connectivity index (χ0) is 14.8. The standard InChI is InChI=1S/C13H21ClN2O2S2/c1-11(2)10-15-5-7-16(8-6-15)20(17,18)13-4-3-12(9-14)19-13/h3-4,11H,5-10H2,1-2H3. The molecule has 0 atom stereocenters. The van der Waals surface area contributed by atoms with Gasteiger partial charge in [-0.25, -0.2) is 8.42 Å². The number of hydrogen-bond acceptors (Lipinski definition) is 4. The first-order valence-electron chi connectivity index (χ1n) is 6.80. The predicted octanol–water partition coefficient (Wildman–Crippen LogP) is 2.45. The smallest absolute Gasteiger partial charge is 0.252 e. The Balaban J connectivity index is 2.02. The molecule has 2 rings (SSSR count). The van der Waals surface area contributed by atoms with Gasteiger partial charge in [0.2, 0.25) is 0 Å². The summed E-state index contributed by atoms with van der Waals surface area (Å²) in [4.78, 5) is 3.22. The van der Waals surface area contributed by atoms with Crippen molar-refractivity contribution >= 4 is 33.0 Å². The van der Waals surface area contributed by atoms with Crippen molar-refractivity contribution in [2.45, 2.75) is 23.9 Å². The summed E-state index contributed by atoms with van der Waals surface area (Å²) < 4.78 is 27.0. The average Bonchev–Trinajstić information content (AvgIpc) is 2.88. The molecule has 0 amide bonds. The number of piperazine rings is 1. The number of hydrogen-bond donors (Lipinski definition) is 0. The van der Waals surface area contributed by atoms with Crippen LogP contribution in [0.4, 0.5) is 0 Å². The van der Waals surface area contributed by atoms with Gasteiger partial charge in [0.05, 0.1) is 5.88 Å². The van der Waals surface area contributed by atoms with Gasteiger partial charge in [0, 0.05) is 37.6 Å². The van der Waals surface area contributed by atoms with Gasteiger partial charge < -0.3 is 4.90 Å². The Morgan fingerprint density at radius 2 is 1.90 bits per heavy atom. The van der Waals surface area contributed by atoms with E-state index in [0.29, 0.717) is 29.1 Å². The lowest BCUT2D eigenvalue weighted by Gasteiger charge is -2.34. The lowest BCUT2D eigenvalue weighted by Crippen LogP contribution is -2.49. The second-order valence-electron chi connectivity index (χ2n) is 5.45.